The van der Waals surface area contributed by atoms with E-state index in [9.17, 15) is 19.2 Å². The molecule has 10 nitrogen and oxygen atoms in total. The highest BCUT2D eigenvalue weighted by molar-refractivity contribution is 6.29. The number of unbranched alkanes of at least 4 members (excludes halogenated alkanes) is 1. The number of nitrogens with two attached hydrogens (primary N) is 1. The number of aromatic amines is 1. The molecule has 0 aliphatic carbocycles. The summed E-state index contributed by atoms with van der Waals surface area (Å²) < 4.78 is 6.26. The van der Waals surface area contributed by atoms with Gasteiger partial charge in [-0.2, -0.15) is 0 Å². The summed E-state index contributed by atoms with van der Waals surface area (Å²) in [4.78, 5) is 56.6. The second-order valence-corrected chi connectivity index (χ2v) is 6.88. The fourth-order valence-electron chi connectivity index (χ4n) is 2.75. The summed E-state index contributed by atoms with van der Waals surface area (Å²) in [5.74, 6) is -1.51. The summed E-state index contributed by atoms with van der Waals surface area (Å²) >= 11 is 5.69. The third kappa shape index (κ3) is 5.47. The number of carbonyl (C=O) groups excluding carboxylic acids is 2. The Balaban J connectivity index is 2.29. The molecule has 0 saturated carbocycles. The molecule has 1 amide bonds. The van der Waals surface area contributed by atoms with Crippen LogP contribution in [0.4, 0.5) is 11.5 Å². The number of anilines is 2. The van der Waals surface area contributed by atoms with E-state index in [2.05, 4.69) is 9.97 Å². The Morgan fingerprint density at radius 1 is 1.27 bits per heavy atom. The summed E-state index contributed by atoms with van der Waals surface area (Å²) in [6.45, 7) is 3.61. The molecule has 0 aliphatic heterocycles. The second-order valence-electron chi connectivity index (χ2n) is 6.49. The van der Waals surface area contributed by atoms with E-state index in [0.717, 1.165) is 11.3 Å². The fraction of sp³-hybridized carbons (Fsp3) is 0.421. The number of rotatable bonds is 9. The highest BCUT2D eigenvalue weighted by Gasteiger charge is 2.25. The van der Waals surface area contributed by atoms with Crippen molar-refractivity contribution in [2.75, 3.05) is 23.8 Å². The van der Waals surface area contributed by atoms with Crippen LogP contribution in [0.5, 0.6) is 0 Å². The number of aromatic nitrogens is 3. The Labute approximate surface area is 177 Å². The van der Waals surface area contributed by atoms with Crippen molar-refractivity contribution in [1.29, 1.82) is 0 Å². The normalized spacial score (nSPS) is 10.6. The molecule has 0 radical (unpaired) electrons. The highest BCUT2D eigenvalue weighted by Crippen LogP contribution is 2.18. The molecule has 0 unspecified atom stereocenters. The lowest BCUT2D eigenvalue weighted by Crippen LogP contribution is -2.43. The Hall–Kier alpha value is -3.14. The van der Waals surface area contributed by atoms with Gasteiger partial charge in [-0.05, 0) is 25.0 Å². The van der Waals surface area contributed by atoms with Crippen molar-refractivity contribution in [1.82, 2.24) is 14.5 Å². The van der Waals surface area contributed by atoms with E-state index in [4.69, 9.17) is 22.1 Å². The van der Waals surface area contributed by atoms with Crippen molar-refractivity contribution in [2.24, 2.45) is 0 Å². The minimum absolute atomic E-state index is 0.108. The minimum Gasteiger partial charge on any atom is -0.452 e. The van der Waals surface area contributed by atoms with Crippen molar-refractivity contribution in [3.63, 3.8) is 0 Å². The van der Waals surface area contributed by atoms with Gasteiger partial charge in [0.15, 0.2) is 12.3 Å². The van der Waals surface area contributed by atoms with E-state index in [-0.39, 0.29) is 35.3 Å². The first kappa shape index (κ1) is 23.1. The van der Waals surface area contributed by atoms with Gasteiger partial charge < -0.3 is 15.4 Å². The molecule has 30 heavy (non-hydrogen) atoms. The third-order valence-electron chi connectivity index (χ3n) is 4.26. The number of nitrogen functional groups attached to an aromatic ring is 1. The predicted molar refractivity (Wildman–Crippen MR) is 113 cm³/mol. The van der Waals surface area contributed by atoms with Crippen molar-refractivity contribution in [3.05, 3.63) is 49.9 Å². The minimum atomic E-state index is -0.775. The largest absolute Gasteiger partial charge is 0.452 e. The molecule has 0 saturated heterocycles. The van der Waals surface area contributed by atoms with Crippen LogP contribution in [0.3, 0.4) is 0 Å². The molecule has 0 bridgehead atoms. The highest BCUT2D eigenvalue weighted by atomic mass is 35.5. The van der Waals surface area contributed by atoms with Gasteiger partial charge in [-0.15, -0.1) is 0 Å². The number of ether oxygens (including phenoxy) is 1. The summed E-state index contributed by atoms with van der Waals surface area (Å²) in [7, 11) is 0. The zero-order chi connectivity index (χ0) is 22.3. The van der Waals surface area contributed by atoms with E-state index in [1.54, 1.807) is 0 Å². The number of hydrogen-bond donors (Lipinski definition) is 2. The monoisotopic (exact) mass is 437 g/mol. The molecule has 0 spiro atoms. The van der Waals surface area contributed by atoms with Gasteiger partial charge in [-0.1, -0.05) is 31.9 Å². The van der Waals surface area contributed by atoms with E-state index in [0.29, 0.717) is 12.8 Å². The van der Waals surface area contributed by atoms with E-state index >= 15 is 0 Å². The first-order valence-corrected chi connectivity index (χ1v) is 9.89. The number of esters is 1. The maximum absolute atomic E-state index is 12.8. The van der Waals surface area contributed by atoms with Crippen molar-refractivity contribution in [2.45, 2.75) is 39.7 Å². The van der Waals surface area contributed by atoms with Crippen LogP contribution in [0.2, 0.25) is 5.15 Å². The standard InChI is InChI=1S/C19H24ClN5O5/c1-3-5-9-24(15-16(21)25(8-4-2)19(29)23-17(15)27)14(26)11-30-18(28)12-6-7-13(20)22-10-12/h6-7,10H,3-5,8-9,11,21H2,1-2H3,(H,23,27,29). The van der Waals surface area contributed by atoms with E-state index in [1.165, 1.54) is 22.9 Å². The van der Waals surface area contributed by atoms with Gasteiger partial charge in [-0.25, -0.2) is 14.6 Å². The molecule has 0 fully saturated rings. The molecular weight excluding hydrogens is 414 g/mol. The number of nitrogens with zero attached hydrogens (tertiary/aromatic N) is 3. The number of carbonyl (C=O) groups is 2. The van der Waals surface area contributed by atoms with Crippen LogP contribution < -0.4 is 21.9 Å². The predicted octanol–water partition coefficient (Wildman–Crippen LogP) is 1.57. The number of H-pyrrole nitrogens is 1. The van der Waals surface area contributed by atoms with Gasteiger partial charge in [0, 0.05) is 19.3 Å². The first-order chi connectivity index (χ1) is 14.3. The summed E-state index contributed by atoms with van der Waals surface area (Å²) in [6, 6.07) is 2.84. The summed E-state index contributed by atoms with van der Waals surface area (Å²) in [5, 5.41) is 0.213. The van der Waals surface area contributed by atoms with E-state index < -0.39 is 29.7 Å². The lowest BCUT2D eigenvalue weighted by Gasteiger charge is -2.24. The molecule has 3 N–H and O–H groups in total. The van der Waals surface area contributed by atoms with E-state index in [1.807, 2.05) is 13.8 Å². The lowest BCUT2D eigenvalue weighted by molar-refractivity contribution is -0.121. The van der Waals surface area contributed by atoms with Crippen LogP contribution in [-0.4, -0.2) is 39.6 Å². The topological polar surface area (TPSA) is 140 Å². The Morgan fingerprint density at radius 3 is 2.60 bits per heavy atom. The van der Waals surface area contributed by atoms with Crippen molar-refractivity contribution < 1.29 is 14.3 Å². The molecule has 0 aliphatic rings. The van der Waals surface area contributed by atoms with Gasteiger partial charge in [0.1, 0.15) is 11.0 Å². The van der Waals surface area contributed by atoms with Gasteiger partial charge in [0.05, 0.1) is 5.56 Å². The number of nitrogens with one attached hydrogen (secondary N) is 1. The number of amides is 1. The van der Waals surface area contributed by atoms with Crippen molar-refractivity contribution >= 4 is 35.0 Å². The third-order valence-corrected chi connectivity index (χ3v) is 4.48. The number of hydrogen-bond acceptors (Lipinski definition) is 7. The van der Waals surface area contributed by atoms with Gasteiger partial charge in [0.2, 0.25) is 0 Å². The maximum atomic E-state index is 12.8. The molecule has 0 aromatic carbocycles. The van der Waals surface area contributed by atoms with Crippen LogP contribution in [0.25, 0.3) is 0 Å². The van der Waals surface area contributed by atoms with Gasteiger partial charge in [0.25, 0.3) is 11.5 Å². The molecule has 2 rings (SSSR count). The van der Waals surface area contributed by atoms with Crippen LogP contribution in [-0.2, 0) is 16.1 Å². The molecule has 0 atom stereocenters. The van der Waals surface area contributed by atoms with Crippen LogP contribution in [0.1, 0.15) is 43.5 Å². The zero-order valence-corrected chi connectivity index (χ0v) is 17.6. The van der Waals surface area contributed by atoms with Gasteiger partial charge >= 0.3 is 11.7 Å². The molecule has 11 heteroatoms. The fourth-order valence-corrected chi connectivity index (χ4v) is 2.86. The average Bonchev–Trinajstić information content (AvgIpc) is 2.71. The average molecular weight is 438 g/mol. The zero-order valence-electron chi connectivity index (χ0n) is 16.8. The molecule has 2 aromatic rings. The van der Waals surface area contributed by atoms with Gasteiger partial charge in [-0.3, -0.25) is 19.1 Å². The molecule has 2 aromatic heterocycles. The SMILES string of the molecule is CCCCN(C(=O)COC(=O)c1ccc(Cl)nc1)c1c(N)n(CCC)c(=O)[nH]c1=O. The summed E-state index contributed by atoms with van der Waals surface area (Å²) in [5.41, 5.74) is 4.63. The van der Waals surface area contributed by atoms with Crippen LogP contribution >= 0.6 is 11.6 Å². The van der Waals surface area contributed by atoms with Crippen LogP contribution in [0.15, 0.2) is 27.9 Å². The van der Waals surface area contributed by atoms with Crippen molar-refractivity contribution in [3.8, 4) is 0 Å². The van der Waals surface area contributed by atoms with Crippen LogP contribution in [0, 0.1) is 0 Å². The summed E-state index contributed by atoms with van der Waals surface area (Å²) in [6.07, 6.45) is 3.15. The Bertz CT molecular complexity index is 1020. The molecule has 2 heterocycles. The quantitative estimate of drug-likeness (QED) is 0.448. The smallest absolute Gasteiger partial charge is 0.340 e. The Morgan fingerprint density at radius 2 is 2.00 bits per heavy atom. The number of pyridine rings is 1. The Kier molecular flexibility index (Phi) is 8.16. The molecule has 162 valence electrons. The first-order valence-electron chi connectivity index (χ1n) is 9.51. The maximum Gasteiger partial charge on any atom is 0.340 e. The molecular formula is C19H24ClN5O5. The lowest BCUT2D eigenvalue weighted by atomic mass is 10.2. The second kappa shape index (κ2) is 10.6. The number of halogens is 1.